The number of nitrogens with two attached hydrogens (primary N) is 1. The zero-order valence-corrected chi connectivity index (χ0v) is 13.7. The maximum Gasteiger partial charge on any atom is 0.251 e. The van der Waals surface area contributed by atoms with Gasteiger partial charge in [0.15, 0.2) is 0 Å². The standard InChI is InChI=1S/C18H22FN3O/c1-12-4-6-15(20)9-16(12)18(23)21-10-13-5-7-17(19)14(8-13)11-22(2)3/h4-9H,10-11,20H2,1-3H3,(H,21,23). The Kier molecular flexibility index (Phi) is 5.34. The number of anilines is 1. The molecular formula is C18H22FN3O. The number of hydrogen-bond donors (Lipinski definition) is 2. The van der Waals surface area contributed by atoms with Crippen LogP contribution in [0.4, 0.5) is 10.1 Å². The van der Waals surface area contributed by atoms with Crippen molar-refractivity contribution in [3.05, 3.63) is 64.5 Å². The van der Waals surface area contributed by atoms with E-state index in [0.717, 1.165) is 11.1 Å². The second kappa shape index (κ2) is 7.24. The molecule has 0 aromatic heterocycles. The summed E-state index contributed by atoms with van der Waals surface area (Å²) in [6, 6.07) is 10.1. The molecule has 0 bridgehead atoms. The van der Waals surface area contributed by atoms with Gasteiger partial charge in [0.25, 0.3) is 5.91 Å². The van der Waals surface area contributed by atoms with Crippen LogP contribution in [0.2, 0.25) is 0 Å². The summed E-state index contributed by atoms with van der Waals surface area (Å²) in [6.07, 6.45) is 0. The molecule has 0 heterocycles. The van der Waals surface area contributed by atoms with Crippen molar-refractivity contribution >= 4 is 11.6 Å². The molecule has 0 saturated heterocycles. The van der Waals surface area contributed by atoms with Crippen LogP contribution in [0.1, 0.15) is 27.0 Å². The van der Waals surface area contributed by atoms with Crippen molar-refractivity contribution in [2.45, 2.75) is 20.0 Å². The average molecular weight is 315 g/mol. The van der Waals surface area contributed by atoms with Crippen LogP contribution in [-0.4, -0.2) is 24.9 Å². The van der Waals surface area contributed by atoms with Gasteiger partial charge in [0.05, 0.1) is 0 Å². The molecule has 4 nitrogen and oxygen atoms in total. The van der Waals surface area contributed by atoms with Gasteiger partial charge in [-0.25, -0.2) is 4.39 Å². The fourth-order valence-electron chi connectivity index (χ4n) is 2.36. The number of benzene rings is 2. The number of nitrogens with one attached hydrogen (secondary N) is 1. The van der Waals surface area contributed by atoms with Crippen LogP contribution in [0.15, 0.2) is 36.4 Å². The van der Waals surface area contributed by atoms with Gasteiger partial charge in [-0.2, -0.15) is 0 Å². The molecule has 3 N–H and O–H groups in total. The van der Waals surface area contributed by atoms with E-state index in [0.29, 0.717) is 29.9 Å². The SMILES string of the molecule is Cc1ccc(N)cc1C(=O)NCc1ccc(F)c(CN(C)C)c1. The molecule has 0 aliphatic carbocycles. The van der Waals surface area contributed by atoms with Gasteiger partial charge < -0.3 is 16.0 Å². The molecule has 0 unspecified atom stereocenters. The topological polar surface area (TPSA) is 58.4 Å². The molecule has 5 heteroatoms. The van der Waals surface area contributed by atoms with Crippen molar-refractivity contribution in [1.82, 2.24) is 10.2 Å². The number of carbonyl (C=O) groups excluding carboxylic acids is 1. The zero-order valence-electron chi connectivity index (χ0n) is 13.7. The van der Waals surface area contributed by atoms with Crippen LogP contribution in [-0.2, 0) is 13.1 Å². The highest BCUT2D eigenvalue weighted by atomic mass is 19.1. The van der Waals surface area contributed by atoms with Gasteiger partial charge in [-0.15, -0.1) is 0 Å². The van der Waals surface area contributed by atoms with Gasteiger partial charge in [0.2, 0.25) is 0 Å². The fourth-order valence-corrected chi connectivity index (χ4v) is 2.36. The molecule has 0 atom stereocenters. The zero-order chi connectivity index (χ0) is 17.0. The Morgan fingerprint density at radius 2 is 1.96 bits per heavy atom. The third kappa shape index (κ3) is 4.53. The Hall–Kier alpha value is -2.40. The second-order valence-electron chi connectivity index (χ2n) is 5.92. The predicted molar refractivity (Wildman–Crippen MR) is 90.6 cm³/mol. The fraction of sp³-hybridized carbons (Fsp3) is 0.278. The average Bonchev–Trinajstić information content (AvgIpc) is 2.49. The lowest BCUT2D eigenvalue weighted by molar-refractivity contribution is 0.0950. The normalized spacial score (nSPS) is 10.8. The van der Waals surface area contributed by atoms with E-state index >= 15 is 0 Å². The molecule has 0 aliphatic heterocycles. The lowest BCUT2D eigenvalue weighted by Crippen LogP contribution is -2.24. The van der Waals surface area contributed by atoms with Crippen molar-refractivity contribution in [1.29, 1.82) is 0 Å². The molecular weight excluding hydrogens is 293 g/mol. The largest absolute Gasteiger partial charge is 0.399 e. The van der Waals surface area contributed by atoms with Crippen molar-refractivity contribution in [3.8, 4) is 0 Å². The molecule has 23 heavy (non-hydrogen) atoms. The van der Waals surface area contributed by atoms with Crippen molar-refractivity contribution in [2.75, 3.05) is 19.8 Å². The smallest absolute Gasteiger partial charge is 0.251 e. The third-order valence-corrected chi connectivity index (χ3v) is 3.56. The van der Waals surface area contributed by atoms with Crippen molar-refractivity contribution in [2.24, 2.45) is 0 Å². The van der Waals surface area contributed by atoms with E-state index in [1.165, 1.54) is 6.07 Å². The molecule has 1 amide bonds. The molecule has 2 aromatic rings. The lowest BCUT2D eigenvalue weighted by atomic mass is 10.1. The molecule has 0 aliphatic rings. The highest BCUT2D eigenvalue weighted by Gasteiger charge is 2.10. The van der Waals surface area contributed by atoms with Gasteiger partial charge in [-0.1, -0.05) is 12.1 Å². The monoisotopic (exact) mass is 315 g/mol. The first kappa shape index (κ1) is 17.0. The highest BCUT2D eigenvalue weighted by molar-refractivity contribution is 5.96. The van der Waals surface area contributed by atoms with E-state index in [1.54, 1.807) is 24.3 Å². The van der Waals surface area contributed by atoms with E-state index in [9.17, 15) is 9.18 Å². The van der Waals surface area contributed by atoms with Gasteiger partial charge >= 0.3 is 0 Å². The maximum absolute atomic E-state index is 13.8. The summed E-state index contributed by atoms with van der Waals surface area (Å²) in [5.41, 5.74) is 9.17. The Morgan fingerprint density at radius 3 is 2.65 bits per heavy atom. The van der Waals surface area contributed by atoms with Crippen LogP contribution in [0.25, 0.3) is 0 Å². The first-order valence-electron chi connectivity index (χ1n) is 7.43. The lowest BCUT2D eigenvalue weighted by Gasteiger charge is -2.13. The van der Waals surface area contributed by atoms with Crippen LogP contribution in [0, 0.1) is 12.7 Å². The summed E-state index contributed by atoms with van der Waals surface area (Å²) < 4.78 is 13.8. The summed E-state index contributed by atoms with van der Waals surface area (Å²) in [4.78, 5) is 14.2. The highest BCUT2D eigenvalue weighted by Crippen LogP contribution is 2.14. The summed E-state index contributed by atoms with van der Waals surface area (Å²) in [7, 11) is 3.77. The van der Waals surface area contributed by atoms with E-state index < -0.39 is 0 Å². The van der Waals surface area contributed by atoms with Gasteiger partial charge in [-0.05, 0) is 56.4 Å². The molecule has 0 radical (unpaired) electrons. The van der Waals surface area contributed by atoms with E-state index in [1.807, 2.05) is 32.0 Å². The summed E-state index contributed by atoms with van der Waals surface area (Å²) in [6.45, 7) is 2.72. The molecule has 122 valence electrons. The Morgan fingerprint density at radius 1 is 1.22 bits per heavy atom. The van der Waals surface area contributed by atoms with Gasteiger partial charge in [-0.3, -0.25) is 4.79 Å². The quantitative estimate of drug-likeness (QED) is 0.834. The minimum atomic E-state index is -0.236. The number of nitrogen functional groups attached to an aromatic ring is 1. The Balaban J connectivity index is 2.08. The number of aryl methyl sites for hydroxylation is 1. The van der Waals surface area contributed by atoms with E-state index in [4.69, 9.17) is 5.73 Å². The Labute approximate surface area is 136 Å². The molecule has 2 aromatic carbocycles. The summed E-state index contributed by atoms with van der Waals surface area (Å²) in [5.74, 6) is -0.422. The number of amides is 1. The minimum Gasteiger partial charge on any atom is -0.399 e. The summed E-state index contributed by atoms with van der Waals surface area (Å²) >= 11 is 0. The second-order valence-corrected chi connectivity index (χ2v) is 5.92. The van der Waals surface area contributed by atoms with Crippen molar-refractivity contribution < 1.29 is 9.18 Å². The molecule has 0 saturated carbocycles. The first-order chi connectivity index (χ1) is 10.9. The number of rotatable bonds is 5. The number of halogens is 1. The third-order valence-electron chi connectivity index (χ3n) is 3.56. The molecule has 0 fully saturated rings. The Bertz CT molecular complexity index is 713. The minimum absolute atomic E-state index is 0.187. The van der Waals surface area contributed by atoms with E-state index in [-0.39, 0.29) is 11.7 Å². The van der Waals surface area contributed by atoms with Crippen molar-refractivity contribution in [3.63, 3.8) is 0 Å². The van der Waals surface area contributed by atoms with Crippen LogP contribution < -0.4 is 11.1 Å². The number of carbonyl (C=O) groups is 1. The number of hydrogen-bond acceptors (Lipinski definition) is 3. The first-order valence-corrected chi connectivity index (χ1v) is 7.43. The van der Waals surface area contributed by atoms with Gasteiger partial charge in [0.1, 0.15) is 5.82 Å². The van der Waals surface area contributed by atoms with Gasteiger partial charge in [0, 0.05) is 29.9 Å². The van der Waals surface area contributed by atoms with Crippen LogP contribution in [0.3, 0.4) is 0 Å². The molecule has 0 spiro atoms. The van der Waals surface area contributed by atoms with E-state index in [2.05, 4.69) is 5.32 Å². The maximum atomic E-state index is 13.8. The van der Waals surface area contributed by atoms with Crippen LogP contribution >= 0.6 is 0 Å². The summed E-state index contributed by atoms with van der Waals surface area (Å²) in [5, 5.41) is 2.85. The predicted octanol–water partition coefficient (Wildman–Crippen LogP) is 2.71. The van der Waals surface area contributed by atoms with Crippen LogP contribution in [0.5, 0.6) is 0 Å². The molecule has 2 rings (SSSR count). The number of nitrogens with zero attached hydrogens (tertiary/aromatic N) is 1.